The number of allylic oxidation sites excluding steroid dienone is 16. The lowest BCUT2D eigenvalue weighted by Crippen LogP contribution is -2.20. The van der Waals surface area contributed by atoms with Crippen LogP contribution < -0.4 is 0 Å². The maximum atomic E-state index is 13.1. The normalized spacial score (nSPS) is 15.9. The zero-order chi connectivity index (χ0) is 42.9. The van der Waals surface area contributed by atoms with E-state index in [0.717, 1.165) is 43.9 Å². The van der Waals surface area contributed by atoms with Crippen LogP contribution in [0.5, 0.6) is 0 Å². The van der Waals surface area contributed by atoms with Gasteiger partial charge < -0.3 is 0 Å². The van der Waals surface area contributed by atoms with E-state index >= 15 is 0 Å². The van der Waals surface area contributed by atoms with E-state index in [-0.39, 0.29) is 11.6 Å². The first-order valence-corrected chi connectivity index (χ1v) is 23.1. The number of hydrogen-bond acceptors (Lipinski definition) is 2. The third kappa shape index (κ3) is 21.5. The molecular formula is C56H84O2. The van der Waals surface area contributed by atoms with Crippen molar-refractivity contribution in [2.24, 2.45) is 11.8 Å². The van der Waals surface area contributed by atoms with Crippen LogP contribution in [0.1, 0.15) is 219 Å². The monoisotopic (exact) mass is 789 g/mol. The van der Waals surface area contributed by atoms with Crippen LogP contribution in [0.3, 0.4) is 0 Å². The van der Waals surface area contributed by atoms with Crippen molar-refractivity contribution in [3.8, 4) is 0 Å². The molecule has 0 N–H and O–H groups in total. The smallest absolute Gasteiger partial charge is 0.190 e. The Labute approximate surface area is 357 Å². The van der Waals surface area contributed by atoms with Crippen molar-refractivity contribution in [1.82, 2.24) is 0 Å². The van der Waals surface area contributed by atoms with Crippen molar-refractivity contribution < 1.29 is 9.59 Å². The van der Waals surface area contributed by atoms with Crippen molar-refractivity contribution in [1.29, 1.82) is 0 Å². The fourth-order valence-corrected chi connectivity index (χ4v) is 7.91. The number of Topliss-reactive ketones (excluding diaryl/α,β-unsaturated/α-hetero) is 2. The van der Waals surface area contributed by atoms with E-state index in [0.29, 0.717) is 28.7 Å². The molecule has 320 valence electrons. The molecule has 2 unspecified atom stereocenters. The SMILES string of the molecule is CC(C)=CCCC(C)=CCCC(C)=CCCC(C)=CCCC(C)=CCCC(C)=CCCC(C)CCCC(C)CCCC(C)=CCC1=C(C)C(=O)c2ccccc2C1=O. The highest BCUT2D eigenvalue weighted by atomic mass is 16.1. The first-order valence-electron chi connectivity index (χ1n) is 23.1. The topological polar surface area (TPSA) is 34.1 Å². The number of benzene rings is 1. The van der Waals surface area contributed by atoms with Gasteiger partial charge in [0.1, 0.15) is 0 Å². The minimum atomic E-state index is -0.00895. The first kappa shape index (κ1) is 50.6. The first-order chi connectivity index (χ1) is 27.7. The third-order valence-electron chi connectivity index (χ3n) is 12.2. The second-order valence-electron chi connectivity index (χ2n) is 18.4. The summed E-state index contributed by atoms with van der Waals surface area (Å²) in [5.74, 6) is 1.52. The van der Waals surface area contributed by atoms with E-state index in [1.165, 1.54) is 122 Å². The van der Waals surface area contributed by atoms with Gasteiger partial charge in [-0.05, 0) is 170 Å². The Hall–Kier alpha value is -3.52. The third-order valence-corrected chi connectivity index (χ3v) is 12.2. The molecule has 0 radical (unpaired) electrons. The van der Waals surface area contributed by atoms with E-state index in [1.54, 1.807) is 19.1 Å². The number of ketones is 2. The van der Waals surface area contributed by atoms with Crippen LogP contribution in [0.4, 0.5) is 0 Å². The van der Waals surface area contributed by atoms with Crippen LogP contribution >= 0.6 is 0 Å². The van der Waals surface area contributed by atoms with Crippen LogP contribution in [0.25, 0.3) is 0 Å². The molecule has 1 aromatic carbocycles. The molecule has 2 rings (SSSR count). The molecule has 0 bridgehead atoms. The van der Waals surface area contributed by atoms with Crippen molar-refractivity contribution in [3.05, 3.63) is 128 Å². The Kier molecular flexibility index (Phi) is 25.2. The van der Waals surface area contributed by atoms with Gasteiger partial charge in [0, 0.05) is 22.3 Å². The van der Waals surface area contributed by atoms with Crippen LogP contribution in [0.15, 0.2) is 117 Å². The van der Waals surface area contributed by atoms with Gasteiger partial charge in [0.15, 0.2) is 11.6 Å². The Morgan fingerprint density at radius 2 is 0.845 bits per heavy atom. The number of fused-ring (bicyclic) bond motifs is 1. The van der Waals surface area contributed by atoms with Crippen molar-refractivity contribution in [2.75, 3.05) is 0 Å². The predicted molar refractivity (Wildman–Crippen MR) is 256 cm³/mol. The molecule has 1 aliphatic rings. The maximum absolute atomic E-state index is 13.1. The molecule has 2 nitrogen and oxygen atoms in total. The lowest BCUT2D eigenvalue weighted by atomic mass is 9.83. The largest absolute Gasteiger partial charge is 0.289 e. The Morgan fingerprint density at radius 3 is 1.31 bits per heavy atom. The molecule has 2 heteroatoms. The van der Waals surface area contributed by atoms with Crippen LogP contribution in [0.2, 0.25) is 0 Å². The van der Waals surface area contributed by atoms with E-state index in [9.17, 15) is 9.59 Å². The standard InChI is InChI=1S/C56H84O2/c1-42(2)22-14-23-43(3)24-15-25-44(4)26-16-27-45(5)28-17-29-46(6)30-18-31-47(7)32-19-33-48(8)34-20-35-49(9)36-21-37-50(10)40-41-52-51(11)55(57)53-38-12-13-39-54(53)56(52)58/h12-13,22,24,26,28,30,32,38-40,48-49H,14-21,23,25,27,29,31,33-37,41H2,1-11H3. The molecule has 0 saturated carbocycles. The average molecular weight is 789 g/mol. The summed E-state index contributed by atoms with van der Waals surface area (Å²) in [4.78, 5) is 25.8. The molecule has 1 aromatic rings. The zero-order valence-electron chi connectivity index (χ0n) is 39.3. The van der Waals surface area contributed by atoms with Crippen molar-refractivity contribution in [3.63, 3.8) is 0 Å². The lowest BCUT2D eigenvalue weighted by Gasteiger charge is -2.18. The van der Waals surface area contributed by atoms with Crippen LogP contribution in [0, 0.1) is 11.8 Å². The van der Waals surface area contributed by atoms with Gasteiger partial charge in [-0.2, -0.15) is 0 Å². The van der Waals surface area contributed by atoms with Crippen molar-refractivity contribution >= 4 is 11.6 Å². The van der Waals surface area contributed by atoms with Gasteiger partial charge in [0.2, 0.25) is 0 Å². The highest BCUT2D eigenvalue weighted by Crippen LogP contribution is 2.29. The van der Waals surface area contributed by atoms with Gasteiger partial charge in [-0.15, -0.1) is 0 Å². The summed E-state index contributed by atoms with van der Waals surface area (Å²) in [6.45, 7) is 24.6. The summed E-state index contributed by atoms with van der Waals surface area (Å²) < 4.78 is 0. The molecule has 0 saturated heterocycles. The van der Waals surface area contributed by atoms with E-state index in [2.05, 4.69) is 112 Å². The average Bonchev–Trinajstić information content (AvgIpc) is 3.17. The van der Waals surface area contributed by atoms with Gasteiger partial charge in [-0.1, -0.05) is 145 Å². The van der Waals surface area contributed by atoms with E-state index < -0.39 is 0 Å². The number of carbonyl (C=O) groups excluding carboxylic acids is 2. The molecule has 1 aliphatic carbocycles. The molecule has 2 atom stereocenters. The predicted octanol–water partition coefficient (Wildman–Crippen LogP) is 17.7. The molecule has 0 aliphatic heterocycles. The second kappa shape index (κ2) is 28.8. The number of carbonyl (C=O) groups is 2. The Bertz CT molecular complexity index is 1690. The number of rotatable bonds is 28. The maximum Gasteiger partial charge on any atom is 0.190 e. The summed E-state index contributed by atoms with van der Waals surface area (Å²) in [5, 5.41) is 0. The van der Waals surface area contributed by atoms with Gasteiger partial charge in [0.05, 0.1) is 0 Å². The van der Waals surface area contributed by atoms with Gasteiger partial charge >= 0.3 is 0 Å². The minimum Gasteiger partial charge on any atom is -0.289 e. The molecule has 58 heavy (non-hydrogen) atoms. The second-order valence-corrected chi connectivity index (χ2v) is 18.4. The molecular weight excluding hydrogens is 705 g/mol. The van der Waals surface area contributed by atoms with Crippen LogP contribution in [-0.2, 0) is 0 Å². The van der Waals surface area contributed by atoms with Gasteiger partial charge in [0.25, 0.3) is 0 Å². The Balaban J connectivity index is 1.54. The van der Waals surface area contributed by atoms with Crippen molar-refractivity contribution in [2.45, 2.75) is 198 Å². The fourth-order valence-electron chi connectivity index (χ4n) is 7.91. The highest BCUT2D eigenvalue weighted by Gasteiger charge is 2.28. The summed E-state index contributed by atoms with van der Waals surface area (Å²) in [6.07, 6.45) is 38.9. The number of hydrogen-bond donors (Lipinski definition) is 0. The van der Waals surface area contributed by atoms with Gasteiger partial charge in [-0.3, -0.25) is 9.59 Å². The van der Waals surface area contributed by atoms with E-state index in [4.69, 9.17) is 0 Å². The lowest BCUT2D eigenvalue weighted by molar-refractivity contribution is 0.0973. The minimum absolute atomic E-state index is 0.00873. The summed E-state index contributed by atoms with van der Waals surface area (Å²) in [5.41, 5.74) is 12.7. The van der Waals surface area contributed by atoms with Crippen LogP contribution in [-0.4, -0.2) is 11.6 Å². The quantitative estimate of drug-likeness (QED) is 0.0793. The molecule has 0 amide bonds. The highest BCUT2D eigenvalue weighted by molar-refractivity contribution is 6.26. The molecule has 0 aromatic heterocycles. The Morgan fingerprint density at radius 1 is 0.466 bits per heavy atom. The summed E-state index contributed by atoms with van der Waals surface area (Å²) in [6, 6.07) is 7.20. The molecule has 0 fully saturated rings. The summed E-state index contributed by atoms with van der Waals surface area (Å²) >= 11 is 0. The van der Waals surface area contributed by atoms with E-state index in [1.807, 2.05) is 12.1 Å². The fraction of sp³-hybridized carbons (Fsp3) is 0.571. The van der Waals surface area contributed by atoms with Gasteiger partial charge in [-0.25, -0.2) is 0 Å². The molecule has 0 heterocycles. The molecule has 0 spiro atoms. The summed E-state index contributed by atoms with van der Waals surface area (Å²) in [7, 11) is 0. The zero-order valence-corrected chi connectivity index (χ0v) is 39.3.